The second-order valence-electron chi connectivity index (χ2n) is 10.9. The number of hydrogen-bond donors (Lipinski definition) is 6. The quantitative estimate of drug-likeness (QED) is 0.0663. The zero-order valence-electron chi connectivity index (χ0n) is 29.4. The summed E-state index contributed by atoms with van der Waals surface area (Å²) < 4.78 is 108. The smallest absolute Gasteiger partial charge is 0.463 e. The van der Waals surface area contributed by atoms with Crippen LogP contribution in [0.2, 0.25) is 0 Å². The van der Waals surface area contributed by atoms with E-state index in [0.29, 0.717) is 0 Å². The van der Waals surface area contributed by atoms with Crippen molar-refractivity contribution in [2.75, 3.05) is 13.2 Å². The van der Waals surface area contributed by atoms with Crippen molar-refractivity contribution in [3.63, 3.8) is 0 Å². The average Bonchev–Trinajstić information content (AvgIpc) is 3.01. The summed E-state index contributed by atoms with van der Waals surface area (Å²) in [6.45, 7) is 4.83. The van der Waals surface area contributed by atoms with E-state index in [0.717, 1.165) is 27.7 Å². The molecule has 6 N–H and O–H groups in total. The molecule has 2 amide bonds. The molecule has 0 spiro atoms. The molecule has 2 rings (SSSR count). The Labute approximate surface area is 312 Å². The maximum atomic E-state index is 12.8. The number of amides is 2. The molecule has 56 heavy (non-hydrogen) atoms. The first-order chi connectivity index (χ1) is 25.0. The van der Waals surface area contributed by atoms with Crippen molar-refractivity contribution >= 4 is 47.6 Å². The van der Waals surface area contributed by atoms with Crippen LogP contribution in [0, 0.1) is 0 Å². The van der Waals surface area contributed by atoms with Crippen LogP contribution in [0.1, 0.15) is 49.0 Å². The number of ether oxygens (including phenoxy) is 7. The highest BCUT2D eigenvalue weighted by molar-refractivity contribution is 5.83. The SMILES string of the molecule is C.CC(=O)OC(C)=O.CC(=O)OC[C@H]1OC(OC(C)=O)[C@H](NC(=O)C(F)(F)F)[C@@H](OC(C)=O)[C@@H]1OC(C)=O.O=C(N[C@H]1C(O)O[C@H](CO)[C@@H](O)[C@@H]1O)C(F)(F)F. The van der Waals surface area contributed by atoms with Crippen molar-refractivity contribution in [2.24, 2.45) is 0 Å². The predicted octanol–water partition coefficient (Wildman–Crippen LogP) is -2.06. The molecule has 2 heterocycles. The molecular weight excluding hydrogens is 794 g/mol. The highest BCUT2D eigenvalue weighted by Crippen LogP contribution is 2.29. The van der Waals surface area contributed by atoms with Crippen LogP contribution in [0.15, 0.2) is 0 Å². The van der Waals surface area contributed by atoms with Gasteiger partial charge < -0.3 is 64.2 Å². The second kappa shape index (κ2) is 23.4. The normalized spacial score (nSPS) is 27.0. The minimum Gasteiger partial charge on any atom is -0.463 e. The van der Waals surface area contributed by atoms with Gasteiger partial charge in [0.25, 0.3) is 0 Å². The lowest BCUT2D eigenvalue weighted by Crippen LogP contribution is -2.67. The molecule has 21 nitrogen and oxygen atoms in total. The van der Waals surface area contributed by atoms with Crippen LogP contribution in [-0.2, 0) is 71.5 Å². The van der Waals surface area contributed by atoms with E-state index in [1.807, 2.05) is 0 Å². The van der Waals surface area contributed by atoms with Gasteiger partial charge in [0.2, 0.25) is 6.29 Å². The molecule has 324 valence electrons. The first-order valence-corrected chi connectivity index (χ1v) is 15.1. The number of halogens is 6. The van der Waals surface area contributed by atoms with Gasteiger partial charge in [0, 0.05) is 41.5 Å². The highest BCUT2D eigenvalue weighted by atomic mass is 19.4. The molecule has 2 fully saturated rings. The van der Waals surface area contributed by atoms with E-state index in [4.69, 9.17) is 28.8 Å². The molecule has 27 heteroatoms. The van der Waals surface area contributed by atoms with E-state index < -0.39 is 134 Å². The Balaban J connectivity index is 0. The van der Waals surface area contributed by atoms with Gasteiger partial charge in [-0.3, -0.25) is 38.4 Å². The maximum absolute atomic E-state index is 12.8. The van der Waals surface area contributed by atoms with E-state index >= 15 is 0 Å². The summed E-state index contributed by atoms with van der Waals surface area (Å²) in [6.07, 6.45) is -24.2. The molecule has 0 bridgehead atoms. The molecule has 2 aliphatic rings. The van der Waals surface area contributed by atoms with Crippen LogP contribution < -0.4 is 10.6 Å². The monoisotopic (exact) mass is 836 g/mol. The van der Waals surface area contributed by atoms with Crippen molar-refractivity contribution in [1.29, 1.82) is 0 Å². The molecular formula is C29H42F6N2O19. The molecule has 0 aliphatic carbocycles. The van der Waals surface area contributed by atoms with Gasteiger partial charge in [-0.05, 0) is 0 Å². The van der Waals surface area contributed by atoms with Crippen molar-refractivity contribution in [3.05, 3.63) is 0 Å². The Kier molecular flexibility index (Phi) is 22.3. The van der Waals surface area contributed by atoms with Crippen molar-refractivity contribution in [2.45, 2.75) is 123 Å². The Hall–Kier alpha value is -4.70. The summed E-state index contributed by atoms with van der Waals surface area (Å²) in [5, 5.41) is 39.6. The van der Waals surface area contributed by atoms with Gasteiger partial charge >= 0.3 is 60.0 Å². The third kappa shape index (κ3) is 18.8. The fourth-order valence-corrected chi connectivity index (χ4v) is 4.24. The Bertz CT molecular complexity index is 1370. The third-order valence-corrected chi connectivity index (χ3v) is 6.28. The summed E-state index contributed by atoms with van der Waals surface area (Å²) >= 11 is 0. The largest absolute Gasteiger partial charge is 0.471 e. The number of rotatable bonds is 8. The van der Waals surface area contributed by atoms with Gasteiger partial charge in [-0.1, -0.05) is 7.43 Å². The second-order valence-corrected chi connectivity index (χ2v) is 10.9. The van der Waals surface area contributed by atoms with Gasteiger partial charge in [-0.2, -0.15) is 26.3 Å². The van der Waals surface area contributed by atoms with Crippen LogP contribution in [-0.4, -0.2) is 155 Å². The summed E-state index contributed by atoms with van der Waals surface area (Å²) in [4.78, 5) is 87.3. The molecule has 0 aromatic rings. The average molecular weight is 837 g/mol. The van der Waals surface area contributed by atoms with Crippen molar-refractivity contribution < 1.29 is 118 Å². The first kappa shape index (κ1) is 53.4. The van der Waals surface area contributed by atoms with Crippen LogP contribution in [0.5, 0.6) is 0 Å². The maximum Gasteiger partial charge on any atom is 0.471 e. The van der Waals surface area contributed by atoms with E-state index in [2.05, 4.69) is 9.47 Å². The van der Waals surface area contributed by atoms with Gasteiger partial charge in [-0.25, -0.2) is 0 Å². The fraction of sp³-hybridized carbons (Fsp3) is 0.724. The summed E-state index contributed by atoms with van der Waals surface area (Å²) in [7, 11) is 0. The first-order valence-electron chi connectivity index (χ1n) is 15.1. The van der Waals surface area contributed by atoms with Gasteiger partial charge in [0.1, 0.15) is 43.1 Å². The summed E-state index contributed by atoms with van der Waals surface area (Å²) in [6, 6.07) is -3.76. The van der Waals surface area contributed by atoms with Crippen LogP contribution >= 0.6 is 0 Å². The third-order valence-electron chi connectivity index (χ3n) is 6.28. The number of alkyl halides is 6. The fourth-order valence-electron chi connectivity index (χ4n) is 4.24. The molecule has 0 radical (unpaired) electrons. The van der Waals surface area contributed by atoms with Gasteiger partial charge in [0.05, 0.1) is 6.61 Å². The van der Waals surface area contributed by atoms with Crippen LogP contribution in [0.3, 0.4) is 0 Å². The molecule has 2 saturated heterocycles. The Morgan fingerprint density at radius 3 is 1.38 bits per heavy atom. The zero-order chi connectivity index (χ0) is 43.2. The molecule has 0 saturated carbocycles. The van der Waals surface area contributed by atoms with E-state index in [1.165, 1.54) is 24.5 Å². The number of carbonyl (C=O) groups is 8. The van der Waals surface area contributed by atoms with Crippen LogP contribution in [0.25, 0.3) is 0 Å². The van der Waals surface area contributed by atoms with Gasteiger partial charge in [-0.15, -0.1) is 0 Å². The topological polar surface area (TPSA) is 306 Å². The predicted molar refractivity (Wildman–Crippen MR) is 163 cm³/mol. The lowest BCUT2D eigenvalue weighted by atomic mass is 9.96. The van der Waals surface area contributed by atoms with E-state index in [-0.39, 0.29) is 7.43 Å². The molecule has 10 atom stereocenters. The molecule has 2 aliphatic heterocycles. The number of hydrogen-bond acceptors (Lipinski definition) is 19. The highest BCUT2D eigenvalue weighted by Gasteiger charge is 2.54. The lowest BCUT2D eigenvalue weighted by molar-refractivity contribution is -0.272. The number of esters is 6. The summed E-state index contributed by atoms with van der Waals surface area (Å²) in [5.74, 6) is -9.71. The Morgan fingerprint density at radius 1 is 0.589 bits per heavy atom. The number of carbonyl (C=O) groups excluding carboxylic acids is 8. The number of nitrogens with one attached hydrogen (secondary N) is 2. The minimum atomic E-state index is -5.34. The van der Waals surface area contributed by atoms with E-state index in [1.54, 1.807) is 0 Å². The van der Waals surface area contributed by atoms with Gasteiger partial charge in [0.15, 0.2) is 18.5 Å². The van der Waals surface area contributed by atoms with Crippen LogP contribution in [0.4, 0.5) is 26.3 Å². The lowest BCUT2D eigenvalue weighted by Gasteiger charge is -2.44. The standard InChI is InChI=1S/C16H20F3NO10.C8H12F3NO6.C4H6O3.CH4/c1-6(21)26-5-10-12(27-7(2)22)13(28-8(3)23)11(14(30-10)29-9(4)24)20-15(25)16(17,18)19;9-8(10,11)7(17)12-3-5(15)4(14)2(1-13)18-6(3)16;1-3(5)7-4(2)6;/h10-14H,5H2,1-4H3,(H,20,25);2-6,13-16H,1H2,(H,12,17);1-2H3;1H4/t10-,11-,12-,13-,14?;2-,3-,4-,5-,6?;;/m11../s1. The molecule has 0 aromatic heterocycles. The number of aliphatic hydroxyl groups is 4. The van der Waals surface area contributed by atoms with Crippen molar-refractivity contribution in [1.82, 2.24) is 10.6 Å². The Morgan fingerprint density at radius 2 is 1.02 bits per heavy atom. The van der Waals surface area contributed by atoms with Crippen molar-refractivity contribution in [3.8, 4) is 0 Å². The zero-order valence-corrected chi connectivity index (χ0v) is 29.4. The minimum absolute atomic E-state index is 0. The van der Waals surface area contributed by atoms with E-state index in [9.17, 15) is 80.0 Å². The molecule has 0 aromatic carbocycles. The molecule has 2 unspecified atom stereocenters. The number of aliphatic hydroxyl groups excluding tert-OH is 4. The summed E-state index contributed by atoms with van der Waals surface area (Å²) in [5.41, 5.74) is 0.